The van der Waals surface area contributed by atoms with Crippen LogP contribution >= 0.6 is 11.8 Å². The quantitative estimate of drug-likeness (QED) is 0.707. The number of ether oxygens (including phenoxy) is 1. The molecule has 1 fully saturated rings. The number of nitrogens with one attached hydrogen (secondary N) is 1. The highest BCUT2D eigenvalue weighted by molar-refractivity contribution is 7.99. The largest absolute Gasteiger partial charge is 0.444 e. The number of benzene rings is 1. The second kappa shape index (κ2) is 8.80. The van der Waals surface area contributed by atoms with Crippen LogP contribution in [0.25, 0.3) is 0 Å². The number of carbonyl (C=O) groups excluding carboxylic acids is 1. The van der Waals surface area contributed by atoms with Gasteiger partial charge in [0.25, 0.3) is 0 Å². The number of hydrogen-bond donors (Lipinski definition) is 1. The van der Waals surface area contributed by atoms with E-state index in [2.05, 4.69) is 36.5 Å². The van der Waals surface area contributed by atoms with E-state index in [4.69, 9.17) is 4.74 Å². The zero-order valence-electron chi connectivity index (χ0n) is 15.4. The van der Waals surface area contributed by atoms with Gasteiger partial charge in [0.2, 0.25) is 0 Å². The molecule has 1 aromatic rings. The lowest BCUT2D eigenvalue weighted by atomic mass is 9.84. The lowest BCUT2D eigenvalue weighted by molar-refractivity contribution is 0.0484. The first-order valence-electron chi connectivity index (χ1n) is 9.01. The van der Waals surface area contributed by atoms with Crippen LogP contribution in [0.1, 0.15) is 58.4 Å². The average molecular weight is 350 g/mol. The first-order valence-corrected chi connectivity index (χ1v) is 9.99. The highest BCUT2D eigenvalue weighted by atomic mass is 32.2. The normalized spacial score (nSPS) is 21.3. The summed E-state index contributed by atoms with van der Waals surface area (Å²) in [5.74, 6) is 1.85. The molecule has 134 valence electrons. The summed E-state index contributed by atoms with van der Waals surface area (Å²) in [4.78, 5) is 13.3. The number of carbonyl (C=O) groups is 1. The second-order valence-corrected chi connectivity index (χ2v) is 9.00. The number of alkyl carbamates (subject to hydrolysis) is 1. The molecule has 2 rings (SSSR count). The van der Waals surface area contributed by atoms with Crippen molar-refractivity contribution >= 4 is 17.9 Å². The topological polar surface area (TPSA) is 38.3 Å². The molecule has 1 saturated carbocycles. The van der Waals surface area contributed by atoms with Gasteiger partial charge in [0.1, 0.15) is 5.60 Å². The number of aryl methyl sites for hydroxylation is 1. The van der Waals surface area contributed by atoms with E-state index >= 15 is 0 Å². The molecule has 0 bridgehead atoms. The van der Waals surface area contributed by atoms with Gasteiger partial charge in [0, 0.05) is 10.9 Å². The first kappa shape index (κ1) is 19.2. The van der Waals surface area contributed by atoms with Crippen molar-refractivity contribution < 1.29 is 9.53 Å². The standard InChI is InChI=1S/C20H31NO2S/c1-15-7-5-10-18(13-15)24-12-11-16-8-6-9-17(14-16)21-19(22)23-20(2,3)4/h5,7,10,13,16-17H,6,8-9,11-12,14H2,1-4H3,(H,21,22)/t16-,17-/m0/s1. The monoisotopic (exact) mass is 349 g/mol. The molecule has 1 amide bonds. The van der Waals surface area contributed by atoms with Crippen molar-refractivity contribution in [2.45, 2.75) is 76.3 Å². The smallest absolute Gasteiger partial charge is 0.407 e. The average Bonchev–Trinajstić information content (AvgIpc) is 2.45. The summed E-state index contributed by atoms with van der Waals surface area (Å²) in [5.41, 5.74) is 0.891. The van der Waals surface area contributed by atoms with Crippen molar-refractivity contribution in [3.05, 3.63) is 29.8 Å². The van der Waals surface area contributed by atoms with E-state index in [0.717, 1.165) is 18.6 Å². The van der Waals surface area contributed by atoms with Gasteiger partial charge >= 0.3 is 6.09 Å². The zero-order valence-corrected chi connectivity index (χ0v) is 16.2. The Morgan fingerprint density at radius 3 is 2.83 bits per heavy atom. The molecule has 24 heavy (non-hydrogen) atoms. The van der Waals surface area contributed by atoms with E-state index in [1.807, 2.05) is 32.5 Å². The second-order valence-electron chi connectivity index (χ2n) is 7.83. The van der Waals surface area contributed by atoms with E-state index in [9.17, 15) is 4.79 Å². The van der Waals surface area contributed by atoms with Gasteiger partial charge in [-0.2, -0.15) is 0 Å². The van der Waals surface area contributed by atoms with Crippen molar-refractivity contribution in [1.29, 1.82) is 0 Å². The summed E-state index contributed by atoms with van der Waals surface area (Å²) in [6.07, 6.45) is 5.56. The minimum Gasteiger partial charge on any atom is -0.444 e. The van der Waals surface area contributed by atoms with Crippen LogP contribution in [0.4, 0.5) is 4.79 Å². The Bertz CT molecular complexity index is 539. The fraction of sp³-hybridized carbons (Fsp3) is 0.650. The van der Waals surface area contributed by atoms with Gasteiger partial charge in [-0.15, -0.1) is 11.8 Å². The Kier molecular flexibility index (Phi) is 7.02. The molecule has 0 radical (unpaired) electrons. The molecule has 1 aromatic carbocycles. The molecular formula is C20H31NO2S. The highest BCUT2D eigenvalue weighted by Gasteiger charge is 2.25. The number of thioether (sulfide) groups is 1. The van der Waals surface area contributed by atoms with Crippen LogP contribution in [-0.2, 0) is 4.74 Å². The van der Waals surface area contributed by atoms with Gasteiger partial charge in [-0.3, -0.25) is 0 Å². The van der Waals surface area contributed by atoms with E-state index in [1.54, 1.807) is 0 Å². The van der Waals surface area contributed by atoms with Crippen LogP contribution in [0, 0.1) is 12.8 Å². The molecule has 1 aliphatic carbocycles. The predicted molar refractivity (Wildman–Crippen MR) is 102 cm³/mol. The summed E-state index contributed by atoms with van der Waals surface area (Å²) >= 11 is 1.94. The molecule has 4 heteroatoms. The Balaban J connectivity index is 1.72. The molecule has 0 spiro atoms. The molecule has 0 saturated heterocycles. The summed E-state index contributed by atoms with van der Waals surface area (Å²) in [7, 11) is 0. The Morgan fingerprint density at radius 2 is 2.12 bits per heavy atom. The summed E-state index contributed by atoms with van der Waals surface area (Å²) in [6.45, 7) is 7.84. The lowest BCUT2D eigenvalue weighted by Crippen LogP contribution is -2.41. The number of hydrogen-bond acceptors (Lipinski definition) is 3. The first-order chi connectivity index (χ1) is 11.3. The van der Waals surface area contributed by atoms with Crippen LogP contribution in [0.3, 0.4) is 0 Å². The van der Waals surface area contributed by atoms with E-state index in [1.165, 1.54) is 29.7 Å². The highest BCUT2D eigenvalue weighted by Crippen LogP contribution is 2.30. The fourth-order valence-electron chi connectivity index (χ4n) is 3.21. The maximum atomic E-state index is 11.9. The number of rotatable bonds is 5. The van der Waals surface area contributed by atoms with Crippen molar-refractivity contribution in [1.82, 2.24) is 5.32 Å². The van der Waals surface area contributed by atoms with E-state index in [0.29, 0.717) is 5.92 Å². The van der Waals surface area contributed by atoms with Gasteiger partial charge < -0.3 is 10.1 Å². The Morgan fingerprint density at radius 1 is 1.33 bits per heavy atom. The van der Waals surface area contributed by atoms with Gasteiger partial charge in [-0.05, 0) is 70.8 Å². The fourth-order valence-corrected chi connectivity index (χ4v) is 4.34. The van der Waals surface area contributed by atoms with Crippen molar-refractivity contribution in [3.8, 4) is 0 Å². The van der Waals surface area contributed by atoms with Crippen LogP contribution in [0.5, 0.6) is 0 Å². The molecular weight excluding hydrogens is 318 g/mol. The third-order valence-corrected chi connectivity index (χ3v) is 5.32. The van der Waals surface area contributed by atoms with Crippen LogP contribution in [0.15, 0.2) is 29.2 Å². The van der Waals surface area contributed by atoms with Crippen LogP contribution in [-0.4, -0.2) is 23.5 Å². The number of amides is 1. The molecule has 0 heterocycles. The molecule has 1 aliphatic rings. The van der Waals surface area contributed by atoms with E-state index < -0.39 is 5.60 Å². The third-order valence-electron chi connectivity index (χ3n) is 4.29. The van der Waals surface area contributed by atoms with Crippen molar-refractivity contribution in [2.75, 3.05) is 5.75 Å². The summed E-state index contributed by atoms with van der Waals surface area (Å²) < 4.78 is 5.37. The van der Waals surface area contributed by atoms with E-state index in [-0.39, 0.29) is 12.1 Å². The van der Waals surface area contributed by atoms with Gasteiger partial charge in [0.05, 0.1) is 0 Å². The van der Waals surface area contributed by atoms with Crippen molar-refractivity contribution in [3.63, 3.8) is 0 Å². The minimum absolute atomic E-state index is 0.266. The predicted octanol–water partition coefficient (Wildman–Crippen LogP) is 5.56. The molecule has 3 nitrogen and oxygen atoms in total. The molecule has 2 atom stereocenters. The Labute approximate surface area is 150 Å². The molecule has 0 aliphatic heterocycles. The lowest BCUT2D eigenvalue weighted by Gasteiger charge is -2.30. The maximum absolute atomic E-state index is 11.9. The summed E-state index contributed by atoms with van der Waals surface area (Å²) in [5, 5.41) is 3.05. The zero-order chi connectivity index (χ0) is 17.6. The van der Waals surface area contributed by atoms with Gasteiger partial charge in [-0.25, -0.2) is 4.79 Å². The van der Waals surface area contributed by atoms with Crippen molar-refractivity contribution in [2.24, 2.45) is 5.92 Å². The van der Waals surface area contributed by atoms with Gasteiger partial charge in [0.15, 0.2) is 0 Å². The maximum Gasteiger partial charge on any atom is 0.407 e. The van der Waals surface area contributed by atoms with Crippen LogP contribution in [0.2, 0.25) is 0 Å². The SMILES string of the molecule is Cc1cccc(SCC[C@@H]2CCC[C@H](NC(=O)OC(C)(C)C)C2)c1. The van der Waals surface area contributed by atoms with Crippen LogP contribution < -0.4 is 5.32 Å². The molecule has 1 N–H and O–H groups in total. The minimum atomic E-state index is -0.428. The van der Waals surface area contributed by atoms with Gasteiger partial charge in [-0.1, -0.05) is 30.5 Å². The molecule has 0 unspecified atom stereocenters. The molecule has 0 aromatic heterocycles. The Hall–Kier alpha value is -1.16. The summed E-state index contributed by atoms with van der Waals surface area (Å²) in [6, 6.07) is 8.96. The third kappa shape index (κ3) is 7.16.